The van der Waals surface area contributed by atoms with Gasteiger partial charge in [-0.1, -0.05) is 6.08 Å². The highest BCUT2D eigenvalue weighted by Crippen LogP contribution is 2.39. The fourth-order valence-electron chi connectivity index (χ4n) is 2.54. The van der Waals surface area contributed by atoms with Crippen molar-refractivity contribution >= 4 is 19.5 Å². The number of hydrogen-bond acceptors (Lipinski definition) is 5. The second-order valence-corrected chi connectivity index (χ2v) is 6.96. The normalized spacial score (nSPS) is 19.4. The van der Waals surface area contributed by atoms with Crippen LogP contribution in [-0.4, -0.2) is 45.3 Å². The Bertz CT molecular complexity index is 624. The van der Waals surface area contributed by atoms with Crippen molar-refractivity contribution in [3.8, 4) is 5.75 Å². The summed E-state index contributed by atoms with van der Waals surface area (Å²) in [5.74, 6) is 0.700. The van der Waals surface area contributed by atoms with Gasteiger partial charge in [-0.25, -0.2) is 0 Å². The van der Waals surface area contributed by atoms with E-state index in [4.69, 9.17) is 14.0 Å². The third-order valence-corrected chi connectivity index (χ3v) is 4.67. The SMILES string of the molecule is CNCC(=Cc1cc(C=O)ccc1OC)B1OC(C)(C)C(C)(C)O1. The fourth-order valence-corrected chi connectivity index (χ4v) is 2.54. The molecular formula is C18H26BNO4. The summed E-state index contributed by atoms with van der Waals surface area (Å²) in [5.41, 5.74) is 1.55. The van der Waals surface area contributed by atoms with E-state index in [0.717, 1.165) is 17.3 Å². The summed E-state index contributed by atoms with van der Waals surface area (Å²) in [7, 11) is 3.03. The van der Waals surface area contributed by atoms with Gasteiger partial charge in [-0.15, -0.1) is 0 Å². The molecule has 1 heterocycles. The molecule has 0 unspecified atom stereocenters. The van der Waals surface area contributed by atoms with Gasteiger partial charge in [0.2, 0.25) is 0 Å². The molecule has 1 saturated heterocycles. The molecule has 130 valence electrons. The first kappa shape index (κ1) is 18.7. The molecule has 0 bridgehead atoms. The average Bonchev–Trinajstić information content (AvgIpc) is 2.74. The third-order valence-electron chi connectivity index (χ3n) is 4.67. The summed E-state index contributed by atoms with van der Waals surface area (Å²) >= 11 is 0. The lowest BCUT2D eigenvalue weighted by Gasteiger charge is -2.32. The van der Waals surface area contributed by atoms with E-state index in [-0.39, 0.29) is 0 Å². The van der Waals surface area contributed by atoms with E-state index in [0.29, 0.717) is 17.9 Å². The maximum absolute atomic E-state index is 11.1. The van der Waals surface area contributed by atoms with Crippen LogP contribution in [-0.2, 0) is 9.31 Å². The van der Waals surface area contributed by atoms with Gasteiger partial charge in [0.25, 0.3) is 0 Å². The van der Waals surface area contributed by atoms with Crippen molar-refractivity contribution in [2.45, 2.75) is 38.9 Å². The van der Waals surface area contributed by atoms with Crippen LogP contribution in [0.25, 0.3) is 6.08 Å². The number of aldehydes is 1. The van der Waals surface area contributed by atoms with Gasteiger partial charge in [0.05, 0.1) is 18.3 Å². The van der Waals surface area contributed by atoms with E-state index in [1.165, 1.54) is 0 Å². The van der Waals surface area contributed by atoms with Crippen LogP contribution in [0.3, 0.4) is 0 Å². The Morgan fingerprint density at radius 1 is 1.25 bits per heavy atom. The molecule has 1 aliphatic heterocycles. The van der Waals surface area contributed by atoms with Crippen molar-refractivity contribution < 1.29 is 18.8 Å². The van der Waals surface area contributed by atoms with Crippen LogP contribution in [0, 0.1) is 0 Å². The van der Waals surface area contributed by atoms with Gasteiger partial charge in [-0.05, 0) is 58.4 Å². The highest BCUT2D eigenvalue weighted by atomic mass is 16.7. The molecule has 1 aliphatic rings. The Labute approximate surface area is 144 Å². The zero-order chi connectivity index (χ0) is 18.0. The van der Waals surface area contributed by atoms with E-state index in [1.54, 1.807) is 25.3 Å². The van der Waals surface area contributed by atoms with Crippen LogP contribution in [0.4, 0.5) is 0 Å². The molecule has 1 N–H and O–H groups in total. The maximum Gasteiger partial charge on any atom is 0.491 e. The van der Waals surface area contributed by atoms with E-state index in [9.17, 15) is 4.79 Å². The first-order valence-electron chi connectivity index (χ1n) is 8.08. The fraction of sp³-hybridized carbons (Fsp3) is 0.500. The monoisotopic (exact) mass is 331 g/mol. The topological polar surface area (TPSA) is 56.8 Å². The molecule has 0 aliphatic carbocycles. The molecule has 0 radical (unpaired) electrons. The zero-order valence-corrected chi connectivity index (χ0v) is 15.3. The molecular weight excluding hydrogens is 305 g/mol. The Morgan fingerprint density at radius 2 is 1.88 bits per heavy atom. The van der Waals surface area contributed by atoms with Crippen LogP contribution in [0.2, 0.25) is 0 Å². The lowest BCUT2D eigenvalue weighted by atomic mass is 9.77. The summed E-state index contributed by atoms with van der Waals surface area (Å²) in [5, 5.41) is 3.15. The molecule has 24 heavy (non-hydrogen) atoms. The maximum atomic E-state index is 11.1. The summed E-state index contributed by atoms with van der Waals surface area (Å²) in [4.78, 5) is 11.1. The highest BCUT2D eigenvalue weighted by molar-refractivity contribution is 6.56. The summed E-state index contributed by atoms with van der Waals surface area (Å²) in [6.07, 6.45) is 2.79. The number of ether oxygens (including phenoxy) is 1. The minimum atomic E-state index is -0.452. The Kier molecular flexibility index (Phi) is 5.53. The minimum Gasteiger partial charge on any atom is -0.496 e. The van der Waals surface area contributed by atoms with Crippen LogP contribution >= 0.6 is 0 Å². The summed E-state index contributed by atoms with van der Waals surface area (Å²) in [6, 6.07) is 5.32. The summed E-state index contributed by atoms with van der Waals surface area (Å²) in [6.45, 7) is 8.70. The van der Waals surface area contributed by atoms with Gasteiger partial charge >= 0.3 is 7.12 Å². The van der Waals surface area contributed by atoms with Gasteiger partial charge in [-0.2, -0.15) is 0 Å². The molecule has 1 aromatic carbocycles. The van der Waals surface area contributed by atoms with Crippen molar-refractivity contribution in [3.63, 3.8) is 0 Å². The molecule has 0 atom stereocenters. The van der Waals surface area contributed by atoms with Crippen molar-refractivity contribution in [2.24, 2.45) is 0 Å². The molecule has 0 aromatic heterocycles. The van der Waals surface area contributed by atoms with Gasteiger partial charge in [-0.3, -0.25) is 4.79 Å². The molecule has 0 amide bonds. The van der Waals surface area contributed by atoms with Crippen molar-refractivity contribution in [2.75, 3.05) is 20.7 Å². The van der Waals surface area contributed by atoms with Gasteiger partial charge in [0, 0.05) is 17.7 Å². The van der Waals surface area contributed by atoms with Gasteiger partial charge < -0.3 is 19.4 Å². The number of likely N-dealkylation sites (N-methyl/N-ethyl adjacent to an activating group) is 1. The zero-order valence-electron chi connectivity index (χ0n) is 15.3. The van der Waals surface area contributed by atoms with Crippen LogP contribution in [0.5, 0.6) is 5.75 Å². The average molecular weight is 331 g/mol. The van der Waals surface area contributed by atoms with Crippen LogP contribution in [0.15, 0.2) is 23.7 Å². The van der Waals surface area contributed by atoms with Crippen molar-refractivity contribution in [1.29, 1.82) is 0 Å². The molecule has 2 rings (SSSR count). The lowest BCUT2D eigenvalue weighted by molar-refractivity contribution is 0.00578. The predicted molar refractivity (Wildman–Crippen MR) is 96.4 cm³/mol. The van der Waals surface area contributed by atoms with Crippen LogP contribution in [0.1, 0.15) is 43.6 Å². The van der Waals surface area contributed by atoms with E-state index in [1.807, 2.05) is 40.8 Å². The van der Waals surface area contributed by atoms with Gasteiger partial charge in [0.15, 0.2) is 0 Å². The van der Waals surface area contributed by atoms with Gasteiger partial charge in [0.1, 0.15) is 12.0 Å². The second-order valence-electron chi connectivity index (χ2n) is 6.96. The minimum absolute atomic E-state index is 0.404. The van der Waals surface area contributed by atoms with Crippen molar-refractivity contribution in [3.05, 3.63) is 34.8 Å². The number of carbonyl (C=O) groups is 1. The predicted octanol–water partition coefficient (Wildman–Crippen LogP) is 2.74. The standard InChI is InChI=1S/C18H26BNO4/c1-17(2)18(3,4)24-19(23-17)15(11-20-5)10-14-9-13(12-21)7-8-16(14)22-6/h7-10,12,20H,11H2,1-6H3. The Hall–Kier alpha value is -1.63. The highest BCUT2D eigenvalue weighted by Gasteiger charge is 2.52. The lowest BCUT2D eigenvalue weighted by Crippen LogP contribution is -2.41. The van der Waals surface area contributed by atoms with E-state index in [2.05, 4.69) is 5.32 Å². The second kappa shape index (κ2) is 7.09. The first-order chi connectivity index (χ1) is 11.2. The quantitative estimate of drug-likeness (QED) is 0.642. The number of benzene rings is 1. The molecule has 5 nitrogen and oxygen atoms in total. The first-order valence-corrected chi connectivity index (χ1v) is 8.08. The summed E-state index contributed by atoms with van der Waals surface area (Å²) < 4.78 is 17.7. The van der Waals surface area contributed by atoms with Crippen molar-refractivity contribution in [1.82, 2.24) is 5.32 Å². The van der Waals surface area contributed by atoms with E-state index < -0.39 is 18.3 Å². The molecule has 6 heteroatoms. The number of hydrogen-bond donors (Lipinski definition) is 1. The molecule has 0 spiro atoms. The number of rotatable bonds is 6. The third kappa shape index (κ3) is 3.71. The Balaban J connectivity index is 2.41. The van der Waals surface area contributed by atoms with E-state index >= 15 is 0 Å². The number of carbonyl (C=O) groups excluding carboxylic acids is 1. The number of nitrogens with one attached hydrogen (secondary N) is 1. The molecule has 1 fully saturated rings. The molecule has 1 aromatic rings. The van der Waals surface area contributed by atoms with Crippen LogP contribution < -0.4 is 10.1 Å². The smallest absolute Gasteiger partial charge is 0.491 e. The largest absolute Gasteiger partial charge is 0.496 e. The number of methoxy groups -OCH3 is 1. The Morgan fingerprint density at radius 3 is 2.38 bits per heavy atom. The molecule has 0 saturated carbocycles.